The predicted molar refractivity (Wildman–Crippen MR) is 79.6 cm³/mol. The largest absolute Gasteiger partial charge is 0.457 e. The smallest absolute Gasteiger partial charge is 0.322 e. The Bertz CT molecular complexity index is 843. The third-order valence-electron chi connectivity index (χ3n) is 4.17. The van der Waals surface area contributed by atoms with Gasteiger partial charge in [-0.2, -0.15) is 0 Å². The molecule has 8 heteroatoms. The number of nitrogens with one attached hydrogen (secondary N) is 2. The second-order valence-corrected chi connectivity index (χ2v) is 5.75. The van der Waals surface area contributed by atoms with Gasteiger partial charge in [0.15, 0.2) is 11.6 Å². The molecular weight excluding hydrogens is 300 g/mol. The molecule has 2 aliphatic heterocycles. The van der Waals surface area contributed by atoms with Gasteiger partial charge >= 0.3 is 6.03 Å². The van der Waals surface area contributed by atoms with E-state index in [1.807, 2.05) is 6.92 Å². The first kappa shape index (κ1) is 13.7. The van der Waals surface area contributed by atoms with E-state index in [2.05, 4.69) is 15.6 Å². The number of hydrogen-bond donors (Lipinski definition) is 2. The average Bonchev–Trinajstić information content (AvgIpc) is 3.16. The zero-order valence-electron chi connectivity index (χ0n) is 12.3. The van der Waals surface area contributed by atoms with Crippen molar-refractivity contribution in [2.24, 2.45) is 0 Å². The predicted octanol–water partition coefficient (Wildman–Crippen LogP) is 1.22. The van der Waals surface area contributed by atoms with Crippen LogP contribution in [0, 0.1) is 0 Å². The van der Waals surface area contributed by atoms with Crippen LogP contribution in [-0.2, 0) is 9.59 Å². The normalized spacial score (nSPS) is 24.4. The van der Waals surface area contributed by atoms with Crippen molar-refractivity contribution in [1.82, 2.24) is 15.6 Å². The monoisotopic (exact) mass is 314 g/mol. The standard InChI is InChI=1S/C15H14N4O4/c1-7-2-5-12(20)19(7)11-4-3-9-8(16-11)6-10(23-9)13-14(21)18-15(22)17-13/h3-4,6-7,13H,2,5H2,1H3,(H2,17,18,21,22). The van der Waals surface area contributed by atoms with Crippen molar-refractivity contribution in [3.63, 3.8) is 0 Å². The Morgan fingerprint density at radius 3 is 2.78 bits per heavy atom. The maximum atomic E-state index is 12.0. The van der Waals surface area contributed by atoms with E-state index in [4.69, 9.17) is 4.42 Å². The van der Waals surface area contributed by atoms with Crippen LogP contribution < -0.4 is 15.5 Å². The van der Waals surface area contributed by atoms with E-state index in [0.717, 1.165) is 6.42 Å². The number of pyridine rings is 1. The molecule has 4 rings (SSSR count). The number of imide groups is 1. The maximum Gasteiger partial charge on any atom is 0.322 e. The number of aromatic nitrogens is 1. The lowest BCUT2D eigenvalue weighted by molar-refractivity contribution is -0.120. The summed E-state index contributed by atoms with van der Waals surface area (Å²) in [7, 11) is 0. The molecule has 23 heavy (non-hydrogen) atoms. The molecule has 4 amide bonds. The van der Waals surface area contributed by atoms with E-state index < -0.39 is 18.0 Å². The maximum absolute atomic E-state index is 12.0. The van der Waals surface area contributed by atoms with Gasteiger partial charge in [0, 0.05) is 18.5 Å². The number of carbonyl (C=O) groups is 3. The number of amides is 4. The van der Waals surface area contributed by atoms with Crippen LogP contribution in [0.15, 0.2) is 22.6 Å². The summed E-state index contributed by atoms with van der Waals surface area (Å²) in [6, 6.07) is 3.76. The molecule has 0 aliphatic carbocycles. The van der Waals surface area contributed by atoms with Crippen molar-refractivity contribution in [2.75, 3.05) is 4.90 Å². The first-order chi connectivity index (χ1) is 11.0. The Kier molecular flexibility index (Phi) is 2.87. The summed E-state index contributed by atoms with van der Waals surface area (Å²) in [6.45, 7) is 1.98. The number of fused-ring (bicyclic) bond motifs is 1. The molecule has 2 saturated heterocycles. The number of urea groups is 1. The summed E-state index contributed by atoms with van der Waals surface area (Å²) in [5.41, 5.74) is 1.04. The van der Waals surface area contributed by atoms with Gasteiger partial charge in [-0.25, -0.2) is 9.78 Å². The van der Waals surface area contributed by atoms with E-state index in [1.54, 1.807) is 23.1 Å². The quantitative estimate of drug-likeness (QED) is 0.811. The lowest BCUT2D eigenvalue weighted by Gasteiger charge is -2.20. The van der Waals surface area contributed by atoms with Gasteiger partial charge in [0.25, 0.3) is 5.91 Å². The first-order valence-corrected chi connectivity index (χ1v) is 7.37. The molecule has 2 fully saturated rings. The fourth-order valence-electron chi connectivity index (χ4n) is 3.01. The molecule has 2 N–H and O–H groups in total. The first-order valence-electron chi connectivity index (χ1n) is 7.37. The van der Waals surface area contributed by atoms with Crippen LogP contribution >= 0.6 is 0 Å². The Hall–Kier alpha value is -2.90. The second kappa shape index (κ2) is 4.80. The molecule has 0 radical (unpaired) electrons. The van der Waals surface area contributed by atoms with Crippen molar-refractivity contribution in [3.05, 3.63) is 24.0 Å². The van der Waals surface area contributed by atoms with Gasteiger partial charge in [-0.1, -0.05) is 0 Å². The molecule has 0 saturated carbocycles. The van der Waals surface area contributed by atoms with Crippen LogP contribution in [0.2, 0.25) is 0 Å². The van der Waals surface area contributed by atoms with Crippen LogP contribution in [0.1, 0.15) is 31.6 Å². The fourth-order valence-corrected chi connectivity index (χ4v) is 3.01. The van der Waals surface area contributed by atoms with Crippen LogP contribution in [-0.4, -0.2) is 28.9 Å². The number of furan rings is 1. The average molecular weight is 314 g/mol. The molecule has 118 valence electrons. The molecule has 2 unspecified atom stereocenters. The minimum atomic E-state index is -0.854. The van der Waals surface area contributed by atoms with Crippen LogP contribution in [0.5, 0.6) is 0 Å². The molecule has 4 heterocycles. The highest BCUT2D eigenvalue weighted by Crippen LogP contribution is 2.29. The van der Waals surface area contributed by atoms with Gasteiger partial charge in [0.05, 0.1) is 0 Å². The van der Waals surface area contributed by atoms with Gasteiger partial charge in [-0.3, -0.25) is 19.8 Å². The number of anilines is 1. The zero-order chi connectivity index (χ0) is 16.1. The summed E-state index contributed by atoms with van der Waals surface area (Å²) in [6.07, 6.45) is 1.33. The number of rotatable bonds is 2. The molecule has 0 bridgehead atoms. The van der Waals surface area contributed by atoms with Crippen molar-refractivity contribution in [2.45, 2.75) is 31.8 Å². The SMILES string of the molecule is CC1CCC(=O)N1c1ccc2oc(C3NC(=O)NC3=O)cc2n1. The Labute approximate surface area is 130 Å². The fraction of sp³-hybridized carbons (Fsp3) is 0.333. The molecule has 0 aromatic carbocycles. The van der Waals surface area contributed by atoms with Crippen molar-refractivity contribution >= 4 is 34.8 Å². The minimum Gasteiger partial charge on any atom is -0.457 e. The Balaban J connectivity index is 1.71. The lowest BCUT2D eigenvalue weighted by atomic mass is 10.2. The van der Waals surface area contributed by atoms with Crippen molar-refractivity contribution < 1.29 is 18.8 Å². The zero-order valence-corrected chi connectivity index (χ0v) is 12.3. The van der Waals surface area contributed by atoms with E-state index in [1.165, 1.54) is 0 Å². The molecule has 2 aromatic rings. The molecule has 0 spiro atoms. The molecule has 2 aliphatic rings. The van der Waals surface area contributed by atoms with E-state index in [9.17, 15) is 14.4 Å². The lowest BCUT2D eigenvalue weighted by Crippen LogP contribution is -2.31. The highest BCUT2D eigenvalue weighted by Gasteiger charge is 2.34. The third kappa shape index (κ3) is 2.14. The van der Waals surface area contributed by atoms with Crippen LogP contribution in [0.3, 0.4) is 0 Å². The van der Waals surface area contributed by atoms with E-state index in [-0.39, 0.29) is 11.9 Å². The third-order valence-corrected chi connectivity index (χ3v) is 4.17. The van der Waals surface area contributed by atoms with Crippen molar-refractivity contribution in [1.29, 1.82) is 0 Å². The summed E-state index contributed by atoms with van der Waals surface area (Å²) >= 11 is 0. The summed E-state index contributed by atoms with van der Waals surface area (Å²) < 4.78 is 5.60. The highest BCUT2D eigenvalue weighted by atomic mass is 16.3. The van der Waals surface area contributed by atoms with Crippen molar-refractivity contribution in [3.8, 4) is 0 Å². The molecule has 2 aromatic heterocycles. The number of hydrogen-bond acceptors (Lipinski definition) is 5. The summed E-state index contributed by atoms with van der Waals surface area (Å²) in [5.74, 6) is 0.474. The molecule has 8 nitrogen and oxygen atoms in total. The topological polar surface area (TPSA) is 105 Å². The molecule has 2 atom stereocenters. The molecular formula is C15H14N4O4. The van der Waals surface area contributed by atoms with Gasteiger partial charge < -0.3 is 9.73 Å². The van der Waals surface area contributed by atoms with Gasteiger partial charge in [0.2, 0.25) is 5.91 Å². The number of nitrogens with zero attached hydrogens (tertiary/aromatic N) is 2. The van der Waals surface area contributed by atoms with E-state index >= 15 is 0 Å². The van der Waals surface area contributed by atoms with E-state index in [0.29, 0.717) is 29.1 Å². The minimum absolute atomic E-state index is 0.0514. The second-order valence-electron chi connectivity index (χ2n) is 5.75. The van der Waals surface area contributed by atoms with Crippen LogP contribution in [0.4, 0.5) is 10.6 Å². The van der Waals surface area contributed by atoms with Crippen LogP contribution in [0.25, 0.3) is 11.1 Å². The van der Waals surface area contributed by atoms with Gasteiger partial charge in [0.1, 0.15) is 17.1 Å². The highest BCUT2D eigenvalue weighted by molar-refractivity contribution is 6.04. The van der Waals surface area contributed by atoms with Gasteiger partial charge in [-0.05, 0) is 25.5 Å². The van der Waals surface area contributed by atoms with Gasteiger partial charge in [-0.15, -0.1) is 0 Å². The number of carbonyl (C=O) groups excluding carboxylic acids is 3. The summed E-state index contributed by atoms with van der Waals surface area (Å²) in [4.78, 5) is 41.0. The Morgan fingerprint density at radius 1 is 1.30 bits per heavy atom. The summed E-state index contributed by atoms with van der Waals surface area (Å²) in [5, 5.41) is 4.63. The Morgan fingerprint density at radius 2 is 2.13 bits per heavy atom.